The minimum absolute atomic E-state index is 0.0437. The van der Waals surface area contributed by atoms with Gasteiger partial charge in [0.25, 0.3) is 0 Å². The first kappa shape index (κ1) is 11.4. The molecule has 2 saturated carbocycles. The minimum atomic E-state index is -0.918. The van der Waals surface area contributed by atoms with Crippen molar-refractivity contribution in [2.24, 2.45) is 17.8 Å². The summed E-state index contributed by atoms with van der Waals surface area (Å²) in [5.41, 5.74) is 0. The fourth-order valence-electron chi connectivity index (χ4n) is 2.39. The highest BCUT2D eigenvalue weighted by Gasteiger charge is 2.51. The predicted octanol–water partition coefficient (Wildman–Crippen LogP) is 1.40. The molecule has 4 heteroatoms. The molecule has 2 N–H and O–H groups in total. The van der Waals surface area contributed by atoms with Crippen molar-refractivity contribution in [3.05, 3.63) is 0 Å². The van der Waals surface area contributed by atoms with E-state index in [9.17, 15) is 9.59 Å². The average molecular weight is 225 g/mol. The molecule has 0 aromatic heterocycles. The fraction of sp³-hybridized carbons (Fsp3) is 0.833. The Morgan fingerprint density at radius 3 is 2.62 bits per heavy atom. The van der Waals surface area contributed by atoms with Crippen LogP contribution in [0.4, 0.5) is 0 Å². The van der Waals surface area contributed by atoms with Crippen LogP contribution in [0, 0.1) is 17.8 Å². The number of aliphatic carboxylic acids is 1. The standard InChI is InChI=1S/C12H19NO3/c1-2-3-10(12(15)16)13-11(14)9-6-8(9)7-4-5-7/h7-10H,2-6H2,1H3,(H,13,14)(H,15,16)/t8-,9-,10-/m1/s1. The Hall–Kier alpha value is -1.06. The Morgan fingerprint density at radius 1 is 1.44 bits per heavy atom. The van der Waals surface area contributed by atoms with E-state index < -0.39 is 12.0 Å². The third kappa shape index (κ3) is 2.54. The Kier molecular flexibility index (Phi) is 3.17. The number of amides is 1. The summed E-state index contributed by atoms with van der Waals surface area (Å²) in [6, 6.07) is -0.696. The van der Waals surface area contributed by atoms with Gasteiger partial charge in [-0.25, -0.2) is 4.79 Å². The zero-order valence-corrected chi connectivity index (χ0v) is 9.61. The van der Waals surface area contributed by atoms with Crippen molar-refractivity contribution in [2.45, 2.75) is 45.1 Å². The summed E-state index contributed by atoms with van der Waals surface area (Å²) in [6.45, 7) is 1.92. The van der Waals surface area contributed by atoms with Crippen LogP contribution in [-0.4, -0.2) is 23.0 Å². The molecule has 0 radical (unpaired) electrons. The van der Waals surface area contributed by atoms with Gasteiger partial charge in [-0.2, -0.15) is 0 Å². The second kappa shape index (κ2) is 4.44. The Labute approximate surface area is 95.4 Å². The molecular formula is C12H19NO3. The molecule has 2 aliphatic carbocycles. The van der Waals surface area contributed by atoms with Crippen molar-refractivity contribution in [1.29, 1.82) is 0 Å². The van der Waals surface area contributed by atoms with E-state index in [1.165, 1.54) is 12.8 Å². The highest BCUT2D eigenvalue weighted by molar-refractivity contribution is 5.86. The molecule has 1 amide bonds. The molecule has 2 fully saturated rings. The van der Waals surface area contributed by atoms with Gasteiger partial charge < -0.3 is 10.4 Å². The third-order valence-electron chi connectivity index (χ3n) is 3.60. The number of hydrogen-bond donors (Lipinski definition) is 2. The average Bonchev–Trinajstić information content (AvgIpc) is 3.06. The molecule has 90 valence electrons. The SMILES string of the molecule is CCC[C@@H](NC(=O)[C@@H]1C[C@@H]1C1CC1)C(=O)O. The van der Waals surface area contributed by atoms with E-state index in [2.05, 4.69) is 5.32 Å². The van der Waals surface area contributed by atoms with E-state index in [4.69, 9.17) is 5.11 Å². The summed E-state index contributed by atoms with van der Waals surface area (Å²) >= 11 is 0. The maximum atomic E-state index is 11.8. The van der Waals surface area contributed by atoms with Crippen molar-refractivity contribution in [3.63, 3.8) is 0 Å². The van der Waals surface area contributed by atoms with E-state index in [-0.39, 0.29) is 11.8 Å². The molecule has 0 aromatic rings. The Morgan fingerprint density at radius 2 is 2.12 bits per heavy atom. The van der Waals surface area contributed by atoms with E-state index >= 15 is 0 Å². The van der Waals surface area contributed by atoms with Gasteiger partial charge >= 0.3 is 5.97 Å². The van der Waals surface area contributed by atoms with Crippen LogP contribution in [0.15, 0.2) is 0 Å². The second-order valence-corrected chi connectivity index (χ2v) is 5.03. The summed E-state index contributed by atoms with van der Waals surface area (Å²) in [6.07, 6.45) is 4.77. The Balaban J connectivity index is 1.79. The number of carbonyl (C=O) groups is 2. The molecule has 0 heterocycles. The lowest BCUT2D eigenvalue weighted by Gasteiger charge is -2.13. The monoisotopic (exact) mass is 225 g/mol. The van der Waals surface area contributed by atoms with Gasteiger partial charge in [-0.05, 0) is 37.5 Å². The number of hydrogen-bond acceptors (Lipinski definition) is 2. The Bertz CT molecular complexity index is 299. The normalized spacial score (nSPS) is 29.6. The first-order valence-electron chi connectivity index (χ1n) is 6.16. The van der Waals surface area contributed by atoms with Crippen molar-refractivity contribution >= 4 is 11.9 Å². The topological polar surface area (TPSA) is 66.4 Å². The number of nitrogens with one attached hydrogen (secondary N) is 1. The summed E-state index contributed by atoms with van der Waals surface area (Å²) in [5.74, 6) is 0.448. The minimum Gasteiger partial charge on any atom is -0.480 e. The lowest BCUT2D eigenvalue weighted by Crippen LogP contribution is -2.41. The maximum absolute atomic E-state index is 11.8. The molecule has 0 unspecified atom stereocenters. The molecule has 0 aliphatic heterocycles. The number of carboxylic acid groups (broad SMARTS) is 1. The van der Waals surface area contributed by atoms with Gasteiger partial charge in [0.15, 0.2) is 0 Å². The lowest BCUT2D eigenvalue weighted by atomic mass is 10.1. The van der Waals surface area contributed by atoms with Crippen molar-refractivity contribution in [2.75, 3.05) is 0 Å². The van der Waals surface area contributed by atoms with Crippen LogP contribution in [0.25, 0.3) is 0 Å². The van der Waals surface area contributed by atoms with Crippen LogP contribution >= 0.6 is 0 Å². The van der Waals surface area contributed by atoms with Crippen LogP contribution in [0.2, 0.25) is 0 Å². The van der Waals surface area contributed by atoms with Gasteiger partial charge in [-0.1, -0.05) is 13.3 Å². The highest BCUT2D eigenvalue weighted by Crippen LogP contribution is 2.54. The lowest BCUT2D eigenvalue weighted by molar-refractivity contribution is -0.142. The smallest absolute Gasteiger partial charge is 0.326 e. The van der Waals surface area contributed by atoms with Crippen molar-refractivity contribution in [3.8, 4) is 0 Å². The summed E-state index contributed by atoms with van der Waals surface area (Å²) in [4.78, 5) is 22.6. The quantitative estimate of drug-likeness (QED) is 0.718. The van der Waals surface area contributed by atoms with Crippen molar-refractivity contribution in [1.82, 2.24) is 5.32 Å². The maximum Gasteiger partial charge on any atom is 0.326 e. The molecule has 0 saturated heterocycles. The van der Waals surface area contributed by atoms with E-state index in [0.717, 1.165) is 18.8 Å². The summed E-state index contributed by atoms with van der Waals surface area (Å²) < 4.78 is 0. The van der Waals surface area contributed by atoms with Gasteiger partial charge in [0.05, 0.1) is 0 Å². The molecule has 3 atom stereocenters. The first-order chi connectivity index (χ1) is 7.63. The van der Waals surface area contributed by atoms with Gasteiger partial charge in [-0.15, -0.1) is 0 Å². The van der Waals surface area contributed by atoms with Gasteiger partial charge in [0, 0.05) is 5.92 Å². The zero-order chi connectivity index (χ0) is 11.7. The van der Waals surface area contributed by atoms with E-state index in [1.807, 2.05) is 6.92 Å². The van der Waals surface area contributed by atoms with E-state index in [1.54, 1.807) is 0 Å². The molecule has 2 aliphatic rings. The molecule has 4 nitrogen and oxygen atoms in total. The zero-order valence-electron chi connectivity index (χ0n) is 9.61. The molecular weight excluding hydrogens is 206 g/mol. The summed E-state index contributed by atoms with van der Waals surface area (Å²) in [5, 5.41) is 11.6. The van der Waals surface area contributed by atoms with E-state index in [0.29, 0.717) is 12.3 Å². The molecule has 2 rings (SSSR count). The first-order valence-corrected chi connectivity index (χ1v) is 6.16. The third-order valence-corrected chi connectivity index (χ3v) is 3.60. The predicted molar refractivity (Wildman–Crippen MR) is 58.8 cm³/mol. The molecule has 0 bridgehead atoms. The van der Waals surface area contributed by atoms with Gasteiger partial charge in [0.2, 0.25) is 5.91 Å². The molecule has 0 spiro atoms. The number of rotatable bonds is 6. The van der Waals surface area contributed by atoms with Crippen LogP contribution in [0.3, 0.4) is 0 Å². The fourth-order valence-corrected chi connectivity index (χ4v) is 2.39. The van der Waals surface area contributed by atoms with Crippen LogP contribution in [-0.2, 0) is 9.59 Å². The highest BCUT2D eigenvalue weighted by atomic mass is 16.4. The summed E-state index contributed by atoms with van der Waals surface area (Å²) in [7, 11) is 0. The van der Waals surface area contributed by atoms with Crippen LogP contribution < -0.4 is 5.32 Å². The van der Waals surface area contributed by atoms with Crippen LogP contribution in [0.1, 0.15) is 39.0 Å². The second-order valence-electron chi connectivity index (χ2n) is 5.03. The van der Waals surface area contributed by atoms with Gasteiger partial charge in [0.1, 0.15) is 6.04 Å². The number of carboxylic acids is 1. The van der Waals surface area contributed by atoms with Crippen LogP contribution in [0.5, 0.6) is 0 Å². The number of carbonyl (C=O) groups excluding carboxylic acids is 1. The van der Waals surface area contributed by atoms with Crippen molar-refractivity contribution < 1.29 is 14.7 Å². The van der Waals surface area contributed by atoms with Gasteiger partial charge in [-0.3, -0.25) is 4.79 Å². The molecule has 0 aromatic carbocycles. The molecule has 16 heavy (non-hydrogen) atoms. The largest absolute Gasteiger partial charge is 0.480 e.